The van der Waals surface area contributed by atoms with E-state index in [0.717, 1.165) is 32.3 Å². The molecule has 0 unspecified atom stereocenters. The van der Waals surface area contributed by atoms with E-state index in [-0.39, 0.29) is 6.09 Å². The van der Waals surface area contributed by atoms with Crippen molar-refractivity contribution in [2.45, 2.75) is 52.1 Å². The molecule has 0 atom stereocenters. The van der Waals surface area contributed by atoms with Crippen LogP contribution in [0.15, 0.2) is 0 Å². The Labute approximate surface area is 98.7 Å². The van der Waals surface area contributed by atoms with Crippen LogP contribution in [0.1, 0.15) is 46.5 Å². The number of ether oxygens (including phenoxy) is 2. The van der Waals surface area contributed by atoms with Gasteiger partial charge in [0, 0.05) is 20.3 Å². The van der Waals surface area contributed by atoms with Gasteiger partial charge in [0.15, 0.2) is 0 Å². The van der Waals surface area contributed by atoms with Crippen LogP contribution in [0.25, 0.3) is 0 Å². The smallest absolute Gasteiger partial charge is 0.407 e. The molecule has 0 radical (unpaired) electrons. The molecule has 16 heavy (non-hydrogen) atoms. The van der Waals surface area contributed by atoms with Crippen LogP contribution in [0.3, 0.4) is 0 Å². The van der Waals surface area contributed by atoms with E-state index < -0.39 is 5.60 Å². The molecule has 96 valence electrons. The van der Waals surface area contributed by atoms with Gasteiger partial charge in [0.2, 0.25) is 0 Å². The highest BCUT2D eigenvalue weighted by molar-refractivity contribution is 5.67. The normalized spacial score (nSPS) is 11.2. The molecular weight excluding hydrogens is 206 g/mol. The maximum absolute atomic E-state index is 11.2. The van der Waals surface area contributed by atoms with E-state index in [1.807, 2.05) is 20.8 Å². The topological polar surface area (TPSA) is 47.6 Å². The lowest BCUT2D eigenvalue weighted by Crippen LogP contribution is -2.32. The zero-order valence-electron chi connectivity index (χ0n) is 11.0. The highest BCUT2D eigenvalue weighted by atomic mass is 16.6. The molecule has 0 aliphatic carbocycles. The number of hydrogen-bond acceptors (Lipinski definition) is 3. The first-order chi connectivity index (χ1) is 7.45. The maximum atomic E-state index is 11.2. The van der Waals surface area contributed by atoms with Crippen LogP contribution in [0.5, 0.6) is 0 Å². The van der Waals surface area contributed by atoms with Gasteiger partial charge in [-0.15, -0.1) is 0 Å². The average Bonchev–Trinajstić information content (AvgIpc) is 2.13. The third-order valence-electron chi connectivity index (χ3n) is 1.94. The van der Waals surface area contributed by atoms with Gasteiger partial charge >= 0.3 is 6.09 Å². The molecule has 4 nitrogen and oxygen atoms in total. The number of methoxy groups -OCH3 is 1. The van der Waals surface area contributed by atoms with Crippen LogP contribution in [0.4, 0.5) is 4.79 Å². The van der Waals surface area contributed by atoms with E-state index >= 15 is 0 Å². The first kappa shape index (κ1) is 15.2. The molecule has 0 saturated carbocycles. The van der Waals surface area contributed by atoms with Gasteiger partial charge in [0.05, 0.1) is 0 Å². The van der Waals surface area contributed by atoms with Crippen LogP contribution in [-0.2, 0) is 9.47 Å². The van der Waals surface area contributed by atoms with Crippen molar-refractivity contribution < 1.29 is 14.3 Å². The molecule has 0 aromatic rings. The Hall–Kier alpha value is -0.770. The average molecular weight is 231 g/mol. The molecule has 0 rings (SSSR count). The van der Waals surface area contributed by atoms with Crippen LogP contribution in [0, 0.1) is 0 Å². The lowest BCUT2D eigenvalue weighted by molar-refractivity contribution is 0.0527. The second kappa shape index (κ2) is 8.39. The minimum atomic E-state index is -0.414. The van der Waals surface area contributed by atoms with Crippen molar-refractivity contribution in [1.29, 1.82) is 0 Å². The van der Waals surface area contributed by atoms with E-state index in [2.05, 4.69) is 5.32 Å². The Morgan fingerprint density at radius 2 is 1.75 bits per heavy atom. The summed E-state index contributed by atoms with van der Waals surface area (Å²) in [5.74, 6) is 0. The molecule has 0 spiro atoms. The maximum Gasteiger partial charge on any atom is 0.407 e. The number of carbonyl (C=O) groups is 1. The highest BCUT2D eigenvalue weighted by Crippen LogP contribution is 2.06. The summed E-state index contributed by atoms with van der Waals surface area (Å²) < 4.78 is 10.1. The van der Waals surface area contributed by atoms with E-state index in [4.69, 9.17) is 9.47 Å². The molecule has 0 aliphatic rings. The molecule has 0 aromatic carbocycles. The van der Waals surface area contributed by atoms with Gasteiger partial charge in [-0.3, -0.25) is 0 Å². The molecule has 0 bridgehead atoms. The zero-order chi connectivity index (χ0) is 12.4. The molecule has 0 heterocycles. The second-order valence-electron chi connectivity index (χ2n) is 4.84. The molecule has 4 heteroatoms. The third-order valence-corrected chi connectivity index (χ3v) is 1.94. The Kier molecular flexibility index (Phi) is 7.99. The van der Waals surface area contributed by atoms with E-state index in [9.17, 15) is 4.79 Å². The Morgan fingerprint density at radius 3 is 2.31 bits per heavy atom. The van der Waals surface area contributed by atoms with Crippen molar-refractivity contribution in [1.82, 2.24) is 5.32 Å². The van der Waals surface area contributed by atoms with E-state index in [0.29, 0.717) is 6.54 Å². The minimum absolute atomic E-state index is 0.329. The van der Waals surface area contributed by atoms with E-state index in [1.54, 1.807) is 7.11 Å². The summed E-state index contributed by atoms with van der Waals surface area (Å²) in [4.78, 5) is 11.2. The summed E-state index contributed by atoms with van der Waals surface area (Å²) in [7, 11) is 1.71. The number of alkyl carbamates (subject to hydrolysis) is 1. The summed E-state index contributed by atoms with van der Waals surface area (Å²) in [6.07, 6.45) is 4.00. The molecule has 0 aromatic heterocycles. The number of nitrogens with one attached hydrogen (secondary N) is 1. The van der Waals surface area contributed by atoms with Crippen molar-refractivity contribution in [2.24, 2.45) is 0 Å². The number of unbranched alkanes of at least 4 members (excludes halogenated alkanes) is 3. The molecule has 0 aliphatic heterocycles. The fourth-order valence-corrected chi connectivity index (χ4v) is 1.23. The molecule has 0 saturated heterocycles. The summed E-state index contributed by atoms with van der Waals surface area (Å²) in [6.45, 7) is 7.08. The summed E-state index contributed by atoms with van der Waals surface area (Å²) in [5.41, 5.74) is -0.414. The first-order valence-corrected chi connectivity index (χ1v) is 5.91. The van der Waals surface area contributed by atoms with Gasteiger partial charge in [0.25, 0.3) is 0 Å². The van der Waals surface area contributed by atoms with Gasteiger partial charge in [-0.05, 0) is 33.6 Å². The molecule has 0 fully saturated rings. The molecular formula is C12H25NO3. The van der Waals surface area contributed by atoms with Crippen LogP contribution in [-0.4, -0.2) is 32.0 Å². The van der Waals surface area contributed by atoms with Crippen LogP contribution >= 0.6 is 0 Å². The standard InChI is InChI=1S/C12H25NO3/c1-12(2,3)16-11(14)13-9-7-5-6-8-10-15-4/h5-10H2,1-4H3,(H,13,14). The van der Waals surface area contributed by atoms with Gasteiger partial charge in [0.1, 0.15) is 5.60 Å². The third kappa shape index (κ3) is 11.3. The number of rotatable bonds is 7. The van der Waals surface area contributed by atoms with Crippen LogP contribution < -0.4 is 5.32 Å². The Morgan fingerprint density at radius 1 is 1.12 bits per heavy atom. The monoisotopic (exact) mass is 231 g/mol. The quantitative estimate of drug-likeness (QED) is 0.685. The summed E-state index contributed by atoms with van der Waals surface area (Å²) in [6, 6.07) is 0. The van der Waals surface area contributed by atoms with Gasteiger partial charge in [-0.2, -0.15) is 0 Å². The lowest BCUT2D eigenvalue weighted by Gasteiger charge is -2.19. The summed E-state index contributed by atoms with van der Waals surface area (Å²) in [5, 5.41) is 2.74. The van der Waals surface area contributed by atoms with Gasteiger partial charge in [-0.1, -0.05) is 12.8 Å². The largest absolute Gasteiger partial charge is 0.444 e. The SMILES string of the molecule is COCCCCCCNC(=O)OC(C)(C)C. The Bertz CT molecular complexity index is 187. The van der Waals surface area contributed by atoms with Crippen molar-refractivity contribution >= 4 is 6.09 Å². The van der Waals surface area contributed by atoms with Crippen molar-refractivity contribution in [3.05, 3.63) is 0 Å². The predicted octanol–water partition coefficient (Wildman–Crippen LogP) is 2.72. The predicted molar refractivity (Wildman–Crippen MR) is 64.6 cm³/mol. The number of carbonyl (C=O) groups excluding carboxylic acids is 1. The van der Waals surface area contributed by atoms with Gasteiger partial charge in [-0.25, -0.2) is 4.79 Å². The minimum Gasteiger partial charge on any atom is -0.444 e. The molecule has 1 amide bonds. The van der Waals surface area contributed by atoms with Crippen molar-refractivity contribution in [3.63, 3.8) is 0 Å². The number of hydrogen-bond donors (Lipinski definition) is 1. The van der Waals surface area contributed by atoms with Crippen molar-refractivity contribution in [2.75, 3.05) is 20.3 Å². The molecule has 1 N–H and O–H groups in total. The highest BCUT2D eigenvalue weighted by Gasteiger charge is 2.15. The number of amides is 1. The van der Waals surface area contributed by atoms with E-state index in [1.165, 1.54) is 0 Å². The fraction of sp³-hybridized carbons (Fsp3) is 0.917. The second-order valence-corrected chi connectivity index (χ2v) is 4.84. The fourth-order valence-electron chi connectivity index (χ4n) is 1.23. The first-order valence-electron chi connectivity index (χ1n) is 5.91. The van der Waals surface area contributed by atoms with Crippen molar-refractivity contribution in [3.8, 4) is 0 Å². The lowest BCUT2D eigenvalue weighted by atomic mass is 10.2. The van der Waals surface area contributed by atoms with Gasteiger partial charge < -0.3 is 14.8 Å². The Balaban J connectivity index is 3.28. The zero-order valence-corrected chi connectivity index (χ0v) is 11.0. The summed E-state index contributed by atoms with van der Waals surface area (Å²) >= 11 is 0. The van der Waals surface area contributed by atoms with Crippen LogP contribution in [0.2, 0.25) is 0 Å².